The predicted molar refractivity (Wildman–Crippen MR) is 103 cm³/mol. The molecule has 2 aliphatic heterocycles. The lowest BCUT2D eigenvalue weighted by atomic mass is 9.77. The normalized spacial score (nSPS) is 23.9. The Morgan fingerprint density at radius 2 is 1.96 bits per heavy atom. The lowest BCUT2D eigenvalue weighted by Crippen LogP contribution is -2.46. The van der Waals surface area contributed by atoms with Gasteiger partial charge in [-0.1, -0.05) is 13.8 Å². The van der Waals surface area contributed by atoms with E-state index >= 15 is 0 Å². The van der Waals surface area contributed by atoms with Crippen molar-refractivity contribution in [3.63, 3.8) is 0 Å². The first-order valence-electron chi connectivity index (χ1n) is 9.89. The van der Waals surface area contributed by atoms with Crippen molar-refractivity contribution in [2.75, 3.05) is 18.4 Å². The first-order chi connectivity index (χ1) is 12.9. The van der Waals surface area contributed by atoms with Crippen LogP contribution in [-0.4, -0.2) is 41.8 Å². The molecule has 144 valence electrons. The molecular formula is C21H27N3O3. The summed E-state index contributed by atoms with van der Waals surface area (Å²) in [6, 6.07) is 5.42. The van der Waals surface area contributed by atoms with Gasteiger partial charge < -0.3 is 10.6 Å². The molecule has 0 aromatic heterocycles. The van der Waals surface area contributed by atoms with Gasteiger partial charge >= 0.3 is 0 Å². The molecule has 0 bridgehead atoms. The van der Waals surface area contributed by atoms with E-state index in [4.69, 9.17) is 0 Å². The number of fused-ring (bicyclic) bond motifs is 1. The van der Waals surface area contributed by atoms with Gasteiger partial charge in [0.15, 0.2) is 0 Å². The highest BCUT2D eigenvalue weighted by atomic mass is 16.2. The van der Waals surface area contributed by atoms with Crippen molar-refractivity contribution in [3.05, 3.63) is 29.3 Å². The molecule has 1 aromatic rings. The topological polar surface area (TPSA) is 78.5 Å². The second-order valence-electron chi connectivity index (χ2n) is 8.66. The number of nitrogens with one attached hydrogen (secondary N) is 2. The molecule has 1 aliphatic carbocycles. The summed E-state index contributed by atoms with van der Waals surface area (Å²) < 4.78 is 0. The molecule has 4 rings (SSSR count). The third-order valence-corrected chi connectivity index (χ3v) is 5.89. The lowest BCUT2D eigenvalue weighted by Gasteiger charge is -2.33. The summed E-state index contributed by atoms with van der Waals surface area (Å²) in [6.07, 6.45) is 3.98. The smallest absolute Gasteiger partial charge is 0.260 e. The zero-order valence-electron chi connectivity index (χ0n) is 16.0. The van der Waals surface area contributed by atoms with Crippen LogP contribution in [0, 0.1) is 5.92 Å². The zero-order chi connectivity index (χ0) is 19.2. The van der Waals surface area contributed by atoms with Crippen molar-refractivity contribution in [2.45, 2.75) is 57.4 Å². The fraction of sp³-hybridized carbons (Fsp3) is 0.571. The molecule has 3 aliphatic rings. The maximum Gasteiger partial charge on any atom is 0.260 e. The van der Waals surface area contributed by atoms with Gasteiger partial charge in [0.1, 0.15) is 0 Å². The molecule has 1 aromatic carbocycles. The quantitative estimate of drug-likeness (QED) is 0.802. The molecule has 27 heavy (non-hydrogen) atoms. The van der Waals surface area contributed by atoms with E-state index in [1.807, 2.05) is 19.9 Å². The van der Waals surface area contributed by atoms with E-state index in [1.165, 1.54) is 4.90 Å². The van der Waals surface area contributed by atoms with Crippen LogP contribution in [0.4, 0.5) is 5.69 Å². The maximum atomic E-state index is 13.3. The number of rotatable bonds is 3. The number of amides is 3. The van der Waals surface area contributed by atoms with Crippen LogP contribution in [0.25, 0.3) is 0 Å². The van der Waals surface area contributed by atoms with Gasteiger partial charge in [0, 0.05) is 35.7 Å². The highest BCUT2D eigenvalue weighted by molar-refractivity contribution is 6.07. The molecule has 6 nitrogen and oxygen atoms in total. The summed E-state index contributed by atoms with van der Waals surface area (Å²) in [6.45, 7) is 5.61. The third-order valence-electron chi connectivity index (χ3n) is 5.89. The molecule has 6 heteroatoms. The van der Waals surface area contributed by atoms with Crippen molar-refractivity contribution in [3.8, 4) is 0 Å². The van der Waals surface area contributed by atoms with Crippen molar-refractivity contribution >= 4 is 23.4 Å². The number of imide groups is 1. The standard InChI is InChI=1S/C21H27N3O3/c1-21(2)11-18(25)23-17-8-5-13(10-16(17)21)19(26)24(15-6-7-15)20(27)14-4-3-9-22-12-14/h5,8,10,14-15,22H,3-4,6-7,9,11-12H2,1-2H3,(H,23,25). The van der Waals surface area contributed by atoms with E-state index < -0.39 is 0 Å². The van der Waals surface area contributed by atoms with Crippen molar-refractivity contribution < 1.29 is 14.4 Å². The lowest BCUT2D eigenvalue weighted by molar-refractivity contribution is -0.133. The summed E-state index contributed by atoms with van der Waals surface area (Å²) in [5, 5.41) is 6.15. The molecular weight excluding hydrogens is 342 g/mol. The van der Waals surface area contributed by atoms with Gasteiger partial charge in [-0.2, -0.15) is 0 Å². The Hall–Kier alpha value is -2.21. The molecule has 1 atom stereocenters. The number of piperidine rings is 1. The van der Waals surface area contributed by atoms with Gasteiger partial charge in [0.2, 0.25) is 11.8 Å². The second kappa shape index (κ2) is 6.75. The van der Waals surface area contributed by atoms with Crippen LogP contribution >= 0.6 is 0 Å². The number of hydrogen-bond donors (Lipinski definition) is 2. The highest BCUT2D eigenvalue weighted by Crippen LogP contribution is 2.38. The van der Waals surface area contributed by atoms with Crippen molar-refractivity contribution in [1.29, 1.82) is 0 Å². The highest BCUT2D eigenvalue weighted by Gasteiger charge is 2.41. The fourth-order valence-electron chi connectivity index (χ4n) is 4.21. The van der Waals surface area contributed by atoms with Crippen LogP contribution < -0.4 is 10.6 Å². The Balaban J connectivity index is 1.62. The van der Waals surface area contributed by atoms with Gasteiger partial charge in [0.25, 0.3) is 5.91 Å². The summed E-state index contributed by atoms with van der Waals surface area (Å²) in [7, 11) is 0. The molecule has 2 heterocycles. The largest absolute Gasteiger partial charge is 0.326 e. The van der Waals surface area contributed by atoms with Gasteiger partial charge in [-0.25, -0.2) is 0 Å². The molecule has 1 saturated carbocycles. The third kappa shape index (κ3) is 3.50. The Morgan fingerprint density at radius 3 is 2.63 bits per heavy atom. The molecule has 0 spiro atoms. The van der Waals surface area contributed by atoms with E-state index in [1.54, 1.807) is 12.1 Å². The molecule has 2 fully saturated rings. The summed E-state index contributed by atoms with van der Waals surface area (Å²) >= 11 is 0. The van der Waals surface area contributed by atoms with Crippen molar-refractivity contribution in [1.82, 2.24) is 10.2 Å². The number of anilines is 1. The molecule has 3 amide bonds. The van der Waals surface area contributed by atoms with E-state index in [0.717, 1.165) is 43.5 Å². The Kier molecular flexibility index (Phi) is 4.54. The summed E-state index contributed by atoms with van der Waals surface area (Å²) in [5.74, 6) is -0.369. The number of hydrogen-bond acceptors (Lipinski definition) is 4. The summed E-state index contributed by atoms with van der Waals surface area (Å²) in [5.41, 5.74) is 1.90. The first-order valence-corrected chi connectivity index (χ1v) is 9.89. The average molecular weight is 369 g/mol. The number of nitrogens with zero attached hydrogens (tertiary/aromatic N) is 1. The first kappa shape index (κ1) is 18.2. The van der Waals surface area contributed by atoms with Crippen LogP contribution in [-0.2, 0) is 15.0 Å². The minimum Gasteiger partial charge on any atom is -0.326 e. The van der Waals surface area contributed by atoms with Crippen molar-refractivity contribution in [2.24, 2.45) is 5.92 Å². The number of carbonyl (C=O) groups is 3. The molecule has 1 unspecified atom stereocenters. The minimum absolute atomic E-state index is 0.00819. The van der Waals surface area contributed by atoms with Crippen LogP contribution in [0.2, 0.25) is 0 Å². The molecule has 0 radical (unpaired) electrons. The van der Waals surface area contributed by atoms with Crippen LogP contribution in [0.3, 0.4) is 0 Å². The van der Waals surface area contributed by atoms with Crippen LogP contribution in [0.5, 0.6) is 0 Å². The Labute approximate surface area is 159 Å². The van der Waals surface area contributed by atoms with Crippen LogP contribution in [0.15, 0.2) is 18.2 Å². The van der Waals surface area contributed by atoms with Gasteiger partial charge in [0.05, 0.1) is 5.92 Å². The van der Waals surface area contributed by atoms with E-state index in [2.05, 4.69) is 10.6 Å². The van der Waals surface area contributed by atoms with E-state index in [9.17, 15) is 14.4 Å². The fourth-order valence-corrected chi connectivity index (χ4v) is 4.21. The van der Waals surface area contributed by atoms with E-state index in [-0.39, 0.29) is 35.1 Å². The number of benzene rings is 1. The Bertz CT molecular complexity index is 792. The zero-order valence-corrected chi connectivity index (χ0v) is 16.0. The Morgan fingerprint density at radius 1 is 1.19 bits per heavy atom. The molecule has 1 saturated heterocycles. The van der Waals surface area contributed by atoms with Gasteiger partial charge in [-0.05, 0) is 56.0 Å². The SMILES string of the molecule is CC1(C)CC(=O)Nc2ccc(C(=O)N(C(=O)C3CCCNC3)C3CC3)cc21. The van der Waals surface area contributed by atoms with Crippen LogP contribution in [0.1, 0.15) is 61.9 Å². The maximum absolute atomic E-state index is 13.3. The summed E-state index contributed by atoms with van der Waals surface area (Å²) in [4.78, 5) is 39.7. The number of carbonyl (C=O) groups excluding carboxylic acids is 3. The second-order valence-corrected chi connectivity index (χ2v) is 8.66. The average Bonchev–Trinajstić information content (AvgIpc) is 3.46. The minimum atomic E-state index is -0.338. The monoisotopic (exact) mass is 369 g/mol. The van der Waals surface area contributed by atoms with Gasteiger partial charge in [-0.15, -0.1) is 0 Å². The van der Waals surface area contributed by atoms with Gasteiger partial charge in [-0.3, -0.25) is 19.3 Å². The predicted octanol–water partition coefficient (Wildman–Crippen LogP) is 2.44. The van der Waals surface area contributed by atoms with E-state index in [0.29, 0.717) is 18.5 Å². The molecule has 2 N–H and O–H groups in total.